The standard InChI is InChI=1S/C29H35FN4O3/c1-22-8-5-6-13-34(22)29-26(27(31-37-29)23-9-3-2-4-10-23)21-33(15-14-32-16-18-36-19-17-32)28(35)24-11-7-12-25(30)20-24/h2-4,7,9-12,20,22H,5-6,8,13-19,21H2,1H3. The quantitative estimate of drug-likeness (QED) is 0.436. The smallest absolute Gasteiger partial charge is 0.254 e. The van der Waals surface area contributed by atoms with E-state index >= 15 is 0 Å². The molecule has 2 aromatic carbocycles. The molecule has 2 aliphatic rings. The first-order valence-electron chi connectivity index (χ1n) is 13.3. The first kappa shape index (κ1) is 25.4. The van der Waals surface area contributed by atoms with Crippen LogP contribution in [0.3, 0.4) is 0 Å². The fourth-order valence-electron chi connectivity index (χ4n) is 5.23. The predicted octanol–water partition coefficient (Wildman–Crippen LogP) is 4.83. The lowest BCUT2D eigenvalue weighted by Gasteiger charge is -2.34. The molecule has 196 valence electrons. The summed E-state index contributed by atoms with van der Waals surface area (Å²) in [6.07, 6.45) is 3.37. The van der Waals surface area contributed by atoms with Crippen LogP contribution in [0, 0.1) is 5.82 Å². The zero-order valence-corrected chi connectivity index (χ0v) is 21.4. The molecule has 2 saturated heterocycles. The Morgan fingerprint density at radius 1 is 1.08 bits per heavy atom. The summed E-state index contributed by atoms with van der Waals surface area (Å²) < 4.78 is 25.6. The normalized spacial score (nSPS) is 18.6. The summed E-state index contributed by atoms with van der Waals surface area (Å²) in [4.78, 5) is 20.1. The molecule has 0 saturated carbocycles. The topological polar surface area (TPSA) is 62.1 Å². The SMILES string of the molecule is CC1CCCCN1c1onc(-c2ccccc2)c1CN(CCN1CCOCC1)C(=O)c1cccc(F)c1. The van der Waals surface area contributed by atoms with Gasteiger partial charge in [-0.2, -0.15) is 0 Å². The Hall–Kier alpha value is -3.23. The number of halogens is 1. The molecule has 3 heterocycles. The lowest BCUT2D eigenvalue weighted by molar-refractivity contribution is 0.0320. The summed E-state index contributed by atoms with van der Waals surface area (Å²) in [6, 6.07) is 16.2. The van der Waals surface area contributed by atoms with Crippen LogP contribution < -0.4 is 4.90 Å². The van der Waals surface area contributed by atoms with Gasteiger partial charge in [0.1, 0.15) is 11.5 Å². The summed E-state index contributed by atoms with van der Waals surface area (Å²) in [7, 11) is 0. The number of amides is 1. The van der Waals surface area contributed by atoms with Crippen molar-refractivity contribution in [1.29, 1.82) is 0 Å². The van der Waals surface area contributed by atoms with E-state index < -0.39 is 5.82 Å². The number of morpholine rings is 1. The highest BCUT2D eigenvalue weighted by Crippen LogP contribution is 2.35. The number of piperidine rings is 1. The summed E-state index contributed by atoms with van der Waals surface area (Å²) in [5, 5.41) is 4.50. The minimum absolute atomic E-state index is 0.203. The molecular weight excluding hydrogens is 471 g/mol. The van der Waals surface area contributed by atoms with Crippen LogP contribution in [0.15, 0.2) is 59.1 Å². The van der Waals surface area contributed by atoms with Crippen molar-refractivity contribution in [3.8, 4) is 11.3 Å². The first-order chi connectivity index (χ1) is 18.1. The van der Waals surface area contributed by atoms with Crippen LogP contribution in [-0.4, -0.2) is 72.8 Å². The number of anilines is 1. The molecule has 2 aliphatic heterocycles. The fraction of sp³-hybridized carbons (Fsp3) is 0.448. The molecule has 5 rings (SSSR count). The van der Waals surface area contributed by atoms with Gasteiger partial charge in [-0.15, -0.1) is 0 Å². The van der Waals surface area contributed by atoms with Gasteiger partial charge in [-0.3, -0.25) is 9.69 Å². The number of carbonyl (C=O) groups is 1. The third kappa shape index (κ3) is 6.02. The average molecular weight is 507 g/mol. The third-order valence-corrected chi connectivity index (χ3v) is 7.38. The van der Waals surface area contributed by atoms with Crippen molar-refractivity contribution < 1.29 is 18.4 Å². The molecule has 3 aromatic rings. The van der Waals surface area contributed by atoms with E-state index in [-0.39, 0.29) is 5.91 Å². The number of ether oxygens (including phenoxy) is 1. The van der Waals surface area contributed by atoms with Crippen molar-refractivity contribution in [3.05, 3.63) is 71.5 Å². The molecule has 0 aliphatic carbocycles. The molecule has 1 atom stereocenters. The minimum atomic E-state index is -0.420. The van der Waals surface area contributed by atoms with E-state index in [1.807, 2.05) is 30.3 Å². The Morgan fingerprint density at radius 3 is 2.65 bits per heavy atom. The van der Waals surface area contributed by atoms with Crippen LogP contribution in [0.5, 0.6) is 0 Å². The average Bonchev–Trinajstić information content (AvgIpc) is 3.35. The van der Waals surface area contributed by atoms with Crippen LogP contribution in [0.25, 0.3) is 11.3 Å². The van der Waals surface area contributed by atoms with Crippen molar-refractivity contribution in [2.24, 2.45) is 0 Å². The van der Waals surface area contributed by atoms with Gasteiger partial charge in [0.15, 0.2) is 0 Å². The molecule has 1 unspecified atom stereocenters. The van der Waals surface area contributed by atoms with E-state index in [1.54, 1.807) is 17.0 Å². The van der Waals surface area contributed by atoms with E-state index in [1.165, 1.54) is 18.6 Å². The monoisotopic (exact) mass is 506 g/mol. The molecule has 37 heavy (non-hydrogen) atoms. The van der Waals surface area contributed by atoms with Gasteiger partial charge in [-0.1, -0.05) is 41.6 Å². The molecule has 2 fully saturated rings. The van der Waals surface area contributed by atoms with Crippen molar-refractivity contribution >= 4 is 11.8 Å². The van der Waals surface area contributed by atoms with Crippen LogP contribution in [-0.2, 0) is 11.3 Å². The van der Waals surface area contributed by atoms with Gasteiger partial charge in [0.2, 0.25) is 5.88 Å². The second kappa shape index (κ2) is 11.9. The second-order valence-electron chi connectivity index (χ2n) is 9.91. The van der Waals surface area contributed by atoms with E-state index in [2.05, 4.69) is 21.9 Å². The van der Waals surface area contributed by atoms with Gasteiger partial charge < -0.3 is 19.1 Å². The summed E-state index contributed by atoms with van der Waals surface area (Å²) >= 11 is 0. The highest BCUT2D eigenvalue weighted by atomic mass is 19.1. The number of aromatic nitrogens is 1. The lowest BCUT2D eigenvalue weighted by Crippen LogP contribution is -2.43. The number of carbonyl (C=O) groups excluding carboxylic acids is 1. The summed E-state index contributed by atoms with van der Waals surface area (Å²) in [6.45, 7) is 7.70. The molecule has 8 heteroatoms. The number of hydrogen-bond acceptors (Lipinski definition) is 6. The van der Waals surface area contributed by atoms with Gasteiger partial charge >= 0.3 is 0 Å². The first-order valence-corrected chi connectivity index (χ1v) is 13.3. The van der Waals surface area contributed by atoms with Gasteiger partial charge in [0.05, 0.1) is 25.3 Å². The zero-order valence-electron chi connectivity index (χ0n) is 21.4. The highest BCUT2D eigenvalue weighted by Gasteiger charge is 2.30. The molecule has 7 nitrogen and oxygen atoms in total. The van der Waals surface area contributed by atoms with Gasteiger partial charge in [0.25, 0.3) is 5.91 Å². The fourth-order valence-corrected chi connectivity index (χ4v) is 5.23. The lowest BCUT2D eigenvalue weighted by atomic mass is 10.0. The van der Waals surface area contributed by atoms with Gasteiger partial charge in [0, 0.05) is 49.9 Å². The predicted molar refractivity (Wildman–Crippen MR) is 141 cm³/mol. The zero-order chi connectivity index (χ0) is 25.6. The largest absolute Gasteiger partial charge is 0.379 e. The summed E-state index contributed by atoms with van der Waals surface area (Å²) in [5.74, 6) is 0.108. The number of benzene rings is 2. The second-order valence-corrected chi connectivity index (χ2v) is 9.91. The van der Waals surface area contributed by atoms with Crippen molar-refractivity contribution in [2.45, 2.75) is 38.8 Å². The van der Waals surface area contributed by atoms with Gasteiger partial charge in [-0.25, -0.2) is 4.39 Å². The van der Waals surface area contributed by atoms with Crippen molar-refractivity contribution in [3.63, 3.8) is 0 Å². The molecule has 0 spiro atoms. The number of hydrogen-bond donors (Lipinski definition) is 0. The molecule has 1 amide bonds. The number of rotatable bonds is 8. The van der Waals surface area contributed by atoms with E-state index in [9.17, 15) is 9.18 Å². The molecule has 0 bridgehead atoms. The molecule has 0 radical (unpaired) electrons. The Labute approximate surface area is 217 Å². The molecular formula is C29H35FN4O3. The maximum atomic E-state index is 14.1. The minimum Gasteiger partial charge on any atom is -0.379 e. The Kier molecular flexibility index (Phi) is 8.16. The maximum Gasteiger partial charge on any atom is 0.254 e. The van der Waals surface area contributed by atoms with E-state index in [0.717, 1.165) is 55.2 Å². The third-order valence-electron chi connectivity index (χ3n) is 7.38. The van der Waals surface area contributed by atoms with Crippen LogP contribution >= 0.6 is 0 Å². The Balaban J connectivity index is 1.49. The summed E-state index contributed by atoms with van der Waals surface area (Å²) in [5.41, 5.74) is 2.93. The van der Waals surface area contributed by atoms with Crippen LogP contribution in [0.2, 0.25) is 0 Å². The highest BCUT2D eigenvalue weighted by molar-refractivity contribution is 5.94. The van der Waals surface area contributed by atoms with Crippen molar-refractivity contribution in [1.82, 2.24) is 15.0 Å². The Morgan fingerprint density at radius 2 is 1.89 bits per heavy atom. The Bertz CT molecular complexity index is 1180. The van der Waals surface area contributed by atoms with Crippen molar-refractivity contribution in [2.75, 3.05) is 50.8 Å². The molecule has 0 N–H and O–H groups in total. The van der Waals surface area contributed by atoms with Crippen LogP contribution in [0.4, 0.5) is 10.3 Å². The molecule has 1 aromatic heterocycles. The number of nitrogens with zero attached hydrogens (tertiary/aromatic N) is 4. The maximum absolute atomic E-state index is 14.1. The van der Waals surface area contributed by atoms with E-state index in [4.69, 9.17) is 9.26 Å². The van der Waals surface area contributed by atoms with Gasteiger partial charge in [-0.05, 0) is 44.4 Å². The van der Waals surface area contributed by atoms with Crippen LogP contribution in [0.1, 0.15) is 42.1 Å². The van der Waals surface area contributed by atoms with E-state index in [0.29, 0.717) is 44.5 Å².